The van der Waals surface area contributed by atoms with Crippen LogP contribution in [0.3, 0.4) is 0 Å². The Labute approximate surface area is 110 Å². The Bertz CT molecular complexity index is 451. The van der Waals surface area contributed by atoms with Crippen LogP contribution in [0.1, 0.15) is 16.0 Å². The predicted molar refractivity (Wildman–Crippen MR) is 54.1 cm³/mol. The zero-order valence-electron chi connectivity index (χ0n) is 8.13. The normalized spacial score (nSPS) is 14.7. The number of hydrogen-bond acceptors (Lipinski definition) is 0. The third-order valence-corrected chi connectivity index (χ3v) is 3.37. The van der Waals surface area contributed by atoms with Crippen LogP contribution in [0.5, 0.6) is 0 Å². The molecule has 1 atom stereocenters. The topological polar surface area (TPSA) is 0 Å². The molecule has 0 spiro atoms. The zero-order valence-corrected chi connectivity index (χ0v) is 10.5. The van der Waals surface area contributed by atoms with E-state index in [9.17, 15) is 30.7 Å². The summed E-state index contributed by atoms with van der Waals surface area (Å²) in [6.45, 7) is 0. The van der Waals surface area contributed by atoms with E-state index in [2.05, 4.69) is 15.9 Å². The van der Waals surface area contributed by atoms with Gasteiger partial charge >= 0.3 is 12.4 Å². The van der Waals surface area contributed by atoms with E-state index in [4.69, 9.17) is 11.6 Å². The number of hydrogen-bond donors (Lipinski definition) is 0. The molecule has 0 aliphatic rings. The molecule has 0 aliphatic heterocycles. The Morgan fingerprint density at radius 1 is 1.06 bits per heavy atom. The van der Waals surface area contributed by atoms with Gasteiger partial charge in [0.15, 0.2) is 0 Å². The molecule has 0 nitrogen and oxygen atoms in total. The Morgan fingerprint density at radius 3 is 1.94 bits per heavy atom. The van der Waals surface area contributed by atoms with E-state index in [-0.39, 0.29) is 6.07 Å². The van der Waals surface area contributed by atoms with Gasteiger partial charge in [-0.15, -0.1) is 0 Å². The first-order valence-corrected chi connectivity index (χ1v) is 5.51. The standard InChI is InChI=1S/C9H3BrClF7/c10-7(9(16,17)18)3-1-4(8(13,14)15)6(11)5(12)2-3/h1-2,7H. The smallest absolute Gasteiger partial charge is 0.205 e. The van der Waals surface area contributed by atoms with Crippen LogP contribution in [-0.4, -0.2) is 6.18 Å². The molecule has 0 bridgehead atoms. The first kappa shape index (κ1) is 15.6. The molecule has 0 heterocycles. The molecule has 0 fully saturated rings. The number of benzene rings is 1. The molecule has 9 heteroatoms. The average molecular weight is 359 g/mol. The fraction of sp³-hybridized carbons (Fsp3) is 0.333. The monoisotopic (exact) mass is 358 g/mol. The Balaban J connectivity index is 3.38. The quantitative estimate of drug-likeness (QED) is 0.459. The lowest BCUT2D eigenvalue weighted by atomic mass is 10.1. The lowest BCUT2D eigenvalue weighted by molar-refractivity contribution is -0.138. The summed E-state index contributed by atoms with van der Waals surface area (Å²) in [6, 6.07) is 0.475. The molecule has 102 valence electrons. The molecular weight excluding hydrogens is 356 g/mol. The van der Waals surface area contributed by atoms with E-state index >= 15 is 0 Å². The van der Waals surface area contributed by atoms with Gasteiger partial charge in [0.2, 0.25) is 0 Å². The van der Waals surface area contributed by atoms with Gasteiger partial charge in [0, 0.05) is 0 Å². The molecule has 18 heavy (non-hydrogen) atoms. The Morgan fingerprint density at radius 2 is 1.56 bits per heavy atom. The second-order valence-corrected chi connectivity index (χ2v) is 4.56. The minimum atomic E-state index is -5.04. The van der Waals surface area contributed by atoms with Gasteiger partial charge < -0.3 is 0 Å². The van der Waals surface area contributed by atoms with Gasteiger partial charge in [-0.25, -0.2) is 4.39 Å². The first-order chi connectivity index (χ1) is 7.94. The third-order valence-electron chi connectivity index (χ3n) is 1.94. The fourth-order valence-corrected chi connectivity index (χ4v) is 1.63. The van der Waals surface area contributed by atoms with Gasteiger partial charge in [0.05, 0.1) is 10.6 Å². The van der Waals surface area contributed by atoms with Crippen molar-refractivity contribution in [1.29, 1.82) is 0 Å². The average Bonchev–Trinajstić information content (AvgIpc) is 2.17. The van der Waals surface area contributed by atoms with E-state index in [1.54, 1.807) is 0 Å². The van der Waals surface area contributed by atoms with E-state index in [0.717, 1.165) is 0 Å². The van der Waals surface area contributed by atoms with Crippen molar-refractivity contribution in [1.82, 2.24) is 0 Å². The first-order valence-electron chi connectivity index (χ1n) is 4.21. The molecule has 0 amide bonds. The summed E-state index contributed by atoms with van der Waals surface area (Å²) in [6.07, 6.45) is -9.88. The summed E-state index contributed by atoms with van der Waals surface area (Å²) in [5.41, 5.74) is -2.55. The van der Waals surface area contributed by atoms with Crippen molar-refractivity contribution in [2.24, 2.45) is 0 Å². The van der Waals surface area contributed by atoms with Crippen LogP contribution in [-0.2, 0) is 6.18 Å². The van der Waals surface area contributed by atoms with Gasteiger partial charge in [-0.05, 0) is 17.7 Å². The summed E-state index contributed by atoms with van der Waals surface area (Å²) in [5, 5.41) is -1.26. The summed E-state index contributed by atoms with van der Waals surface area (Å²) in [5.74, 6) is -1.56. The second kappa shape index (κ2) is 4.88. The van der Waals surface area contributed by atoms with Crippen molar-refractivity contribution in [3.63, 3.8) is 0 Å². The molecule has 0 aliphatic carbocycles. The van der Waals surface area contributed by atoms with Crippen molar-refractivity contribution in [2.45, 2.75) is 17.2 Å². The molecule has 0 radical (unpaired) electrons. The highest BCUT2D eigenvalue weighted by atomic mass is 79.9. The van der Waals surface area contributed by atoms with Gasteiger partial charge in [0.1, 0.15) is 10.6 Å². The molecule has 0 saturated carbocycles. The molecule has 1 aromatic rings. The molecule has 0 saturated heterocycles. The van der Waals surface area contributed by atoms with E-state index in [1.165, 1.54) is 0 Å². The second-order valence-electron chi connectivity index (χ2n) is 3.27. The van der Waals surface area contributed by atoms with Crippen molar-refractivity contribution < 1.29 is 30.7 Å². The minimum absolute atomic E-state index is 0.165. The molecule has 1 rings (SSSR count). The maximum Gasteiger partial charge on any atom is 0.417 e. The largest absolute Gasteiger partial charge is 0.417 e. The molecule has 0 aromatic heterocycles. The van der Waals surface area contributed by atoms with Gasteiger partial charge in [-0.3, -0.25) is 0 Å². The Kier molecular flexibility index (Phi) is 4.22. The lowest BCUT2D eigenvalue weighted by Gasteiger charge is -2.17. The van der Waals surface area contributed by atoms with Crippen molar-refractivity contribution in [3.05, 3.63) is 34.1 Å². The third kappa shape index (κ3) is 3.28. The lowest BCUT2D eigenvalue weighted by Crippen LogP contribution is -2.17. The number of halogens is 9. The van der Waals surface area contributed by atoms with Crippen LogP contribution in [0, 0.1) is 5.82 Å². The Hall–Kier alpha value is -0.500. The van der Waals surface area contributed by atoms with Gasteiger partial charge in [-0.1, -0.05) is 27.5 Å². The predicted octanol–water partition coefficient (Wildman–Crippen LogP) is 5.50. The van der Waals surface area contributed by atoms with Gasteiger partial charge in [-0.2, -0.15) is 26.3 Å². The molecule has 1 unspecified atom stereocenters. The zero-order chi connectivity index (χ0) is 14.3. The van der Waals surface area contributed by atoms with Gasteiger partial charge in [0.25, 0.3) is 0 Å². The van der Waals surface area contributed by atoms with E-state index in [1.807, 2.05) is 0 Å². The summed E-state index contributed by atoms with van der Waals surface area (Å²) in [4.78, 5) is -2.40. The number of alkyl halides is 7. The highest BCUT2D eigenvalue weighted by Gasteiger charge is 2.41. The number of rotatable bonds is 1. The SMILES string of the molecule is Fc1cc(C(Br)C(F)(F)F)cc(C(F)(F)F)c1Cl. The van der Waals surface area contributed by atoms with Crippen LogP contribution in [0.25, 0.3) is 0 Å². The van der Waals surface area contributed by atoms with Crippen molar-refractivity contribution in [3.8, 4) is 0 Å². The fourth-order valence-electron chi connectivity index (χ4n) is 1.15. The van der Waals surface area contributed by atoms with Crippen LogP contribution in [0.15, 0.2) is 12.1 Å². The molecule has 1 aromatic carbocycles. The van der Waals surface area contributed by atoms with Crippen LogP contribution in [0.4, 0.5) is 30.7 Å². The van der Waals surface area contributed by atoms with E-state index < -0.39 is 39.1 Å². The summed E-state index contributed by atoms with van der Waals surface area (Å²) in [7, 11) is 0. The maximum atomic E-state index is 13.1. The summed E-state index contributed by atoms with van der Waals surface area (Å²) < 4.78 is 87.3. The maximum absolute atomic E-state index is 13.1. The van der Waals surface area contributed by atoms with Crippen LogP contribution < -0.4 is 0 Å². The highest BCUT2D eigenvalue weighted by Crippen LogP contribution is 2.43. The highest BCUT2D eigenvalue weighted by molar-refractivity contribution is 9.09. The summed E-state index contributed by atoms with van der Waals surface area (Å²) >= 11 is 7.24. The van der Waals surface area contributed by atoms with Crippen LogP contribution in [0.2, 0.25) is 5.02 Å². The van der Waals surface area contributed by atoms with Crippen LogP contribution >= 0.6 is 27.5 Å². The molecular formula is C9H3BrClF7. The van der Waals surface area contributed by atoms with Crippen molar-refractivity contribution >= 4 is 27.5 Å². The molecule has 0 N–H and O–H groups in total. The van der Waals surface area contributed by atoms with Crippen molar-refractivity contribution in [2.75, 3.05) is 0 Å². The minimum Gasteiger partial charge on any atom is -0.205 e. The van der Waals surface area contributed by atoms with E-state index in [0.29, 0.717) is 6.07 Å².